The van der Waals surface area contributed by atoms with Crippen LogP contribution >= 0.6 is 0 Å². The predicted octanol–water partition coefficient (Wildman–Crippen LogP) is 1.96. The zero-order valence-corrected chi connectivity index (χ0v) is 10.7. The largest absolute Gasteiger partial charge is 0.312 e. The summed E-state index contributed by atoms with van der Waals surface area (Å²) in [5.41, 5.74) is 0.522. The molecule has 1 N–H and O–H groups in total. The Hall–Kier alpha value is -0.0800. The second-order valence-electron chi connectivity index (χ2n) is 6.52. The normalized spacial score (nSPS) is 35.8. The minimum atomic E-state index is 0.522. The molecular weight excluding hydrogens is 184 g/mol. The van der Waals surface area contributed by atoms with E-state index in [4.69, 9.17) is 0 Å². The molecule has 0 saturated carbocycles. The van der Waals surface area contributed by atoms with Gasteiger partial charge in [-0.1, -0.05) is 27.7 Å². The summed E-state index contributed by atoms with van der Waals surface area (Å²) in [6, 6.07) is 0.757. The summed E-state index contributed by atoms with van der Waals surface area (Å²) in [6.07, 6.45) is 1.39. The summed E-state index contributed by atoms with van der Waals surface area (Å²) >= 11 is 0. The molecule has 88 valence electrons. The molecule has 2 atom stereocenters. The van der Waals surface area contributed by atoms with Gasteiger partial charge in [-0.15, -0.1) is 0 Å². The van der Waals surface area contributed by atoms with E-state index < -0.39 is 0 Å². The average molecular weight is 210 g/mol. The van der Waals surface area contributed by atoms with E-state index >= 15 is 0 Å². The van der Waals surface area contributed by atoms with Crippen molar-refractivity contribution in [3.63, 3.8) is 0 Å². The topological polar surface area (TPSA) is 15.3 Å². The maximum Gasteiger partial charge on any atom is 0.0229 e. The summed E-state index contributed by atoms with van der Waals surface area (Å²) < 4.78 is 0. The average Bonchev–Trinajstić information content (AvgIpc) is 2.41. The van der Waals surface area contributed by atoms with E-state index in [1.54, 1.807) is 0 Å². The van der Waals surface area contributed by atoms with E-state index in [0.717, 1.165) is 17.9 Å². The van der Waals surface area contributed by atoms with Crippen LogP contribution in [0, 0.1) is 17.3 Å². The Balaban J connectivity index is 1.92. The lowest BCUT2D eigenvalue weighted by Crippen LogP contribution is -2.48. The Morgan fingerprint density at radius 2 is 2.13 bits per heavy atom. The summed E-state index contributed by atoms with van der Waals surface area (Å²) in [7, 11) is 0. The van der Waals surface area contributed by atoms with Crippen LogP contribution in [0.4, 0.5) is 0 Å². The van der Waals surface area contributed by atoms with E-state index in [9.17, 15) is 0 Å². The third kappa shape index (κ3) is 2.36. The number of piperidine rings is 1. The Kier molecular flexibility index (Phi) is 3.09. The fourth-order valence-corrected chi connectivity index (χ4v) is 3.37. The maximum absolute atomic E-state index is 3.71. The molecule has 2 aliphatic rings. The van der Waals surface area contributed by atoms with Crippen LogP contribution in [0.15, 0.2) is 0 Å². The highest BCUT2D eigenvalue weighted by Crippen LogP contribution is 2.39. The van der Waals surface area contributed by atoms with Gasteiger partial charge in [0.1, 0.15) is 0 Å². The molecule has 15 heavy (non-hydrogen) atoms. The minimum Gasteiger partial charge on any atom is -0.312 e. The van der Waals surface area contributed by atoms with Crippen LogP contribution in [-0.4, -0.2) is 37.1 Å². The molecule has 2 aliphatic heterocycles. The Bertz CT molecular complexity index is 223. The third-order valence-corrected chi connectivity index (χ3v) is 4.14. The molecule has 0 bridgehead atoms. The highest BCUT2D eigenvalue weighted by Gasteiger charge is 2.44. The first-order valence-corrected chi connectivity index (χ1v) is 6.45. The maximum atomic E-state index is 3.71. The van der Waals surface area contributed by atoms with Gasteiger partial charge in [0.05, 0.1) is 0 Å². The highest BCUT2D eigenvalue weighted by molar-refractivity contribution is 4.99. The van der Waals surface area contributed by atoms with Crippen molar-refractivity contribution in [2.75, 3.05) is 26.2 Å². The monoisotopic (exact) mass is 210 g/mol. The van der Waals surface area contributed by atoms with Gasteiger partial charge in [0.25, 0.3) is 0 Å². The summed E-state index contributed by atoms with van der Waals surface area (Å²) in [5, 5.41) is 3.71. The van der Waals surface area contributed by atoms with Crippen LogP contribution in [0.2, 0.25) is 0 Å². The number of nitrogens with one attached hydrogen (secondary N) is 1. The van der Waals surface area contributed by atoms with E-state index in [1.165, 1.54) is 32.6 Å². The quantitative estimate of drug-likeness (QED) is 0.749. The first kappa shape index (κ1) is 11.4. The molecule has 2 rings (SSSR count). The molecule has 0 aromatic carbocycles. The molecule has 0 amide bonds. The summed E-state index contributed by atoms with van der Waals surface area (Å²) in [5.74, 6) is 1.71. The predicted molar refractivity (Wildman–Crippen MR) is 65.0 cm³/mol. The minimum absolute atomic E-state index is 0.522. The van der Waals surface area contributed by atoms with Gasteiger partial charge in [-0.3, -0.25) is 0 Å². The lowest BCUT2D eigenvalue weighted by atomic mass is 9.75. The van der Waals surface area contributed by atoms with Crippen LogP contribution in [-0.2, 0) is 0 Å². The zero-order chi connectivity index (χ0) is 11.1. The van der Waals surface area contributed by atoms with Gasteiger partial charge in [0.15, 0.2) is 0 Å². The van der Waals surface area contributed by atoms with Crippen molar-refractivity contribution in [3.05, 3.63) is 0 Å². The van der Waals surface area contributed by atoms with Gasteiger partial charge in [-0.05, 0) is 30.2 Å². The van der Waals surface area contributed by atoms with Gasteiger partial charge >= 0.3 is 0 Å². The second kappa shape index (κ2) is 4.06. The van der Waals surface area contributed by atoms with Crippen LogP contribution in [0.25, 0.3) is 0 Å². The lowest BCUT2D eigenvalue weighted by molar-refractivity contribution is 0.113. The first-order chi connectivity index (χ1) is 6.99. The molecule has 0 spiro atoms. The number of hydrogen-bond donors (Lipinski definition) is 1. The van der Waals surface area contributed by atoms with E-state index in [0.29, 0.717) is 5.41 Å². The van der Waals surface area contributed by atoms with Gasteiger partial charge in [0, 0.05) is 25.7 Å². The second-order valence-corrected chi connectivity index (χ2v) is 6.52. The van der Waals surface area contributed by atoms with Crippen molar-refractivity contribution >= 4 is 0 Å². The van der Waals surface area contributed by atoms with Crippen LogP contribution < -0.4 is 5.32 Å². The van der Waals surface area contributed by atoms with E-state index in [-0.39, 0.29) is 0 Å². The smallest absolute Gasteiger partial charge is 0.0229 e. The molecule has 0 radical (unpaired) electrons. The Morgan fingerprint density at radius 3 is 2.80 bits per heavy atom. The number of fused-ring (bicyclic) bond motifs is 1. The third-order valence-electron chi connectivity index (χ3n) is 4.14. The van der Waals surface area contributed by atoms with Crippen LogP contribution in [0.5, 0.6) is 0 Å². The Labute approximate surface area is 94.4 Å². The number of rotatable bonds is 2. The van der Waals surface area contributed by atoms with E-state index in [1.807, 2.05) is 0 Å². The van der Waals surface area contributed by atoms with Crippen LogP contribution in [0.3, 0.4) is 0 Å². The summed E-state index contributed by atoms with van der Waals surface area (Å²) in [4.78, 5) is 2.64. The molecule has 2 fully saturated rings. The van der Waals surface area contributed by atoms with Crippen molar-refractivity contribution < 1.29 is 0 Å². The summed E-state index contributed by atoms with van der Waals surface area (Å²) in [6.45, 7) is 14.5. The lowest BCUT2D eigenvalue weighted by Gasteiger charge is -2.39. The molecule has 0 aromatic rings. The van der Waals surface area contributed by atoms with Crippen molar-refractivity contribution in [1.82, 2.24) is 10.2 Å². The molecule has 0 aliphatic carbocycles. The van der Waals surface area contributed by atoms with E-state index in [2.05, 4.69) is 37.9 Å². The SMILES string of the molecule is CC(C)CN1CCC2C(C1)NCC2(C)C. The number of nitrogens with zero attached hydrogens (tertiary/aromatic N) is 1. The zero-order valence-electron chi connectivity index (χ0n) is 10.7. The fraction of sp³-hybridized carbons (Fsp3) is 1.00. The van der Waals surface area contributed by atoms with Crippen molar-refractivity contribution in [1.29, 1.82) is 0 Å². The number of likely N-dealkylation sites (tertiary alicyclic amines) is 1. The van der Waals surface area contributed by atoms with Gasteiger partial charge in [0.2, 0.25) is 0 Å². The molecule has 2 nitrogen and oxygen atoms in total. The first-order valence-electron chi connectivity index (χ1n) is 6.45. The molecule has 0 aromatic heterocycles. The Morgan fingerprint density at radius 1 is 1.40 bits per heavy atom. The van der Waals surface area contributed by atoms with Crippen molar-refractivity contribution in [2.24, 2.45) is 17.3 Å². The molecule has 2 heterocycles. The standard InChI is InChI=1S/C13H26N2/c1-10(2)7-15-6-5-11-12(8-15)14-9-13(11,3)4/h10-12,14H,5-9H2,1-4H3. The van der Waals surface area contributed by atoms with Crippen molar-refractivity contribution in [3.8, 4) is 0 Å². The number of hydrogen-bond acceptors (Lipinski definition) is 2. The molecule has 2 saturated heterocycles. The molecule has 2 unspecified atom stereocenters. The molecular formula is C13H26N2. The fourth-order valence-electron chi connectivity index (χ4n) is 3.37. The molecule has 2 heteroatoms. The van der Waals surface area contributed by atoms with Gasteiger partial charge in [-0.2, -0.15) is 0 Å². The van der Waals surface area contributed by atoms with Gasteiger partial charge in [-0.25, -0.2) is 0 Å². The van der Waals surface area contributed by atoms with Crippen molar-refractivity contribution in [2.45, 2.75) is 40.2 Å². The highest BCUT2D eigenvalue weighted by atomic mass is 15.2. The van der Waals surface area contributed by atoms with Gasteiger partial charge < -0.3 is 10.2 Å². The van der Waals surface area contributed by atoms with Crippen LogP contribution in [0.1, 0.15) is 34.1 Å².